The lowest BCUT2D eigenvalue weighted by Crippen LogP contribution is -2.51. The summed E-state index contributed by atoms with van der Waals surface area (Å²) in [6.07, 6.45) is 3.50. The Balaban J connectivity index is 1.65. The van der Waals surface area contributed by atoms with Gasteiger partial charge < -0.3 is 9.84 Å². The number of hydrogen-bond donors (Lipinski definition) is 1. The Morgan fingerprint density at radius 2 is 2.00 bits per heavy atom. The van der Waals surface area contributed by atoms with E-state index in [1.165, 1.54) is 0 Å². The molecule has 2 fully saturated rings. The Morgan fingerprint density at radius 1 is 1.33 bits per heavy atom. The molecule has 2 aliphatic heterocycles. The van der Waals surface area contributed by atoms with Crippen LogP contribution in [0.2, 0.25) is 0 Å². The molecular weight excluding hydrogens is 194 g/mol. The van der Waals surface area contributed by atoms with E-state index in [-0.39, 0.29) is 0 Å². The maximum Gasteiger partial charge on any atom is 0.303 e. The molecule has 0 amide bonds. The van der Waals surface area contributed by atoms with Gasteiger partial charge in [-0.05, 0) is 38.3 Å². The molecule has 2 saturated heterocycles. The largest absolute Gasteiger partial charge is 0.481 e. The number of rotatable bonds is 4. The lowest BCUT2D eigenvalue weighted by Gasteiger charge is -2.41. The standard InChI is InChI=1S/C11H19NO3/c13-11(14)2-1-9-3-5-12(6-4-9)10-7-15-8-10/h9-10H,1-8H2,(H,13,14). The van der Waals surface area contributed by atoms with E-state index in [1.807, 2.05) is 0 Å². The Hall–Kier alpha value is -0.610. The molecule has 1 N–H and O–H groups in total. The second-order valence-corrected chi connectivity index (χ2v) is 4.60. The molecular formula is C11H19NO3. The fourth-order valence-electron chi connectivity index (χ4n) is 2.37. The molecule has 2 heterocycles. The van der Waals surface area contributed by atoms with E-state index < -0.39 is 5.97 Å². The zero-order chi connectivity index (χ0) is 10.7. The molecule has 0 atom stereocenters. The smallest absolute Gasteiger partial charge is 0.303 e. The van der Waals surface area contributed by atoms with Gasteiger partial charge in [0.1, 0.15) is 0 Å². The lowest BCUT2D eigenvalue weighted by molar-refractivity contribution is -0.137. The van der Waals surface area contributed by atoms with Crippen molar-refractivity contribution in [3.8, 4) is 0 Å². The highest BCUT2D eigenvalue weighted by atomic mass is 16.5. The van der Waals surface area contributed by atoms with Crippen LogP contribution in [-0.4, -0.2) is 48.3 Å². The quantitative estimate of drug-likeness (QED) is 0.755. The maximum atomic E-state index is 10.4. The van der Waals surface area contributed by atoms with Crippen molar-refractivity contribution in [3.05, 3.63) is 0 Å². The van der Waals surface area contributed by atoms with Crippen LogP contribution in [0.3, 0.4) is 0 Å². The van der Waals surface area contributed by atoms with Crippen molar-refractivity contribution in [2.24, 2.45) is 5.92 Å². The second-order valence-electron chi connectivity index (χ2n) is 4.60. The van der Waals surface area contributed by atoms with Crippen molar-refractivity contribution < 1.29 is 14.6 Å². The van der Waals surface area contributed by atoms with E-state index in [4.69, 9.17) is 9.84 Å². The molecule has 0 aliphatic carbocycles. The Bertz CT molecular complexity index is 220. The molecule has 0 aromatic rings. The van der Waals surface area contributed by atoms with Crippen LogP contribution in [0, 0.1) is 5.92 Å². The SMILES string of the molecule is O=C(O)CCC1CCN(C2COC2)CC1. The van der Waals surface area contributed by atoms with Crippen LogP contribution in [0.15, 0.2) is 0 Å². The Kier molecular flexibility index (Phi) is 3.59. The highest BCUT2D eigenvalue weighted by molar-refractivity contribution is 5.66. The molecule has 0 radical (unpaired) electrons. The fraction of sp³-hybridized carbons (Fsp3) is 0.909. The third kappa shape index (κ3) is 2.92. The Labute approximate surface area is 90.2 Å². The molecule has 0 saturated carbocycles. The first-order chi connectivity index (χ1) is 7.25. The third-order valence-corrected chi connectivity index (χ3v) is 3.55. The number of carboxylic acids is 1. The van der Waals surface area contributed by atoms with E-state index in [1.54, 1.807) is 0 Å². The molecule has 2 aliphatic rings. The van der Waals surface area contributed by atoms with E-state index in [0.717, 1.165) is 45.6 Å². The van der Waals surface area contributed by atoms with Gasteiger partial charge in [-0.2, -0.15) is 0 Å². The topological polar surface area (TPSA) is 49.8 Å². The minimum absolute atomic E-state index is 0.331. The molecule has 4 heteroatoms. The number of carbonyl (C=O) groups is 1. The van der Waals surface area contributed by atoms with Crippen LogP contribution in [0.4, 0.5) is 0 Å². The van der Waals surface area contributed by atoms with Gasteiger partial charge in [-0.1, -0.05) is 0 Å². The van der Waals surface area contributed by atoms with Crippen LogP contribution < -0.4 is 0 Å². The molecule has 4 nitrogen and oxygen atoms in total. The van der Waals surface area contributed by atoms with Crippen molar-refractivity contribution >= 4 is 5.97 Å². The number of aliphatic carboxylic acids is 1. The van der Waals surface area contributed by atoms with Crippen LogP contribution >= 0.6 is 0 Å². The number of carboxylic acid groups (broad SMARTS) is 1. The molecule has 0 bridgehead atoms. The first kappa shape index (κ1) is 10.9. The van der Waals surface area contributed by atoms with Crippen molar-refractivity contribution in [3.63, 3.8) is 0 Å². The Morgan fingerprint density at radius 3 is 2.47 bits per heavy atom. The van der Waals surface area contributed by atoms with Gasteiger partial charge in [0.05, 0.1) is 19.3 Å². The van der Waals surface area contributed by atoms with Crippen molar-refractivity contribution in [2.75, 3.05) is 26.3 Å². The zero-order valence-electron chi connectivity index (χ0n) is 9.02. The number of likely N-dealkylation sites (tertiary alicyclic amines) is 1. The highest BCUT2D eigenvalue weighted by Gasteiger charge is 2.29. The summed E-state index contributed by atoms with van der Waals surface area (Å²) in [6.45, 7) is 4.02. The number of hydrogen-bond acceptors (Lipinski definition) is 3. The first-order valence-electron chi connectivity index (χ1n) is 5.79. The normalized spacial score (nSPS) is 25.1. The molecule has 86 valence electrons. The zero-order valence-corrected chi connectivity index (χ0v) is 9.02. The second kappa shape index (κ2) is 4.94. The van der Waals surface area contributed by atoms with Gasteiger partial charge in [0.15, 0.2) is 0 Å². The summed E-state index contributed by atoms with van der Waals surface area (Å²) in [4.78, 5) is 12.9. The molecule has 0 aromatic heterocycles. The van der Waals surface area contributed by atoms with E-state index in [2.05, 4.69) is 4.90 Å². The fourth-order valence-corrected chi connectivity index (χ4v) is 2.37. The van der Waals surface area contributed by atoms with Gasteiger partial charge in [-0.25, -0.2) is 0 Å². The third-order valence-electron chi connectivity index (χ3n) is 3.55. The number of nitrogens with zero attached hydrogens (tertiary/aromatic N) is 1. The predicted octanol–water partition coefficient (Wildman–Crippen LogP) is 0.962. The average Bonchev–Trinajstić information content (AvgIpc) is 2.14. The van der Waals surface area contributed by atoms with Crippen LogP contribution in [0.25, 0.3) is 0 Å². The van der Waals surface area contributed by atoms with E-state index in [9.17, 15) is 4.79 Å². The van der Waals surface area contributed by atoms with E-state index in [0.29, 0.717) is 18.4 Å². The highest BCUT2D eigenvalue weighted by Crippen LogP contribution is 2.24. The van der Waals surface area contributed by atoms with Gasteiger partial charge in [0, 0.05) is 6.42 Å². The van der Waals surface area contributed by atoms with Crippen LogP contribution in [0.5, 0.6) is 0 Å². The minimum Gasteiger partial charge on any atom is -0.481 e. The summed E-state index contributed by atoms with van der Waals surface area (Å²) < 4.78 is 5.17. The monoisotopic (exact) mass is 213 g/mol. The molecule has 15 heavy (non-hydrogen) atoms. The summed E-state index contributed by atoms with van der Waals surface area (Å²) in [6, 6.07) is 0.644. The molecule has 0 spiro atoms. The number of ether oxygens (including phenoxy) is 1. The van der Waals surface area contributed by atoms with E-state index >= 15 is 0 Å². The van der Waals surface area contributed by atoms with Gasteiger partial charge >= 0.3 is 5.97 Å². The van der Waals surface area contributed by atoms with Gasteiger partial charge in [-0.3, -0.25) is 9.69 Å². The maximum absolute atomic E-state index is 10.4. The molecule has 2 rings (SSSR count). The molecule has 0 aromatic carbocycles. The first-order valence-corrected chi connectivity index (χ1v) is 5.79. The van der Waals surface area contributed by atoms with Crippen molar-refractivity contribution in [2.45, 2.75) is 31.7 Å². The minimum atomic E-state index is -0.662. The predicted molar refractivity (Wildman–Crippen MR) is 55.8 cm³/mol. The van der Waals surface area contributed by atoms with Gasteiger partial charge in [0.2, 0.25) is 0 Å². The van der Waals surface area contributed by atoms with Gasteiger partial charge in [0.25, 0.3) is 0 Å². The summed E-state index contributed by atoms with van der Waals surface area (Å²) in [5, 5.41) is 8.60. The van der Waals surface area contributed by atoms with Crippen molar-refractivity contribution in [1.29, 1.82) is 0 Å². The summed E-state index contributed by atoms with van der Waals surface area (Å²) in [7, 11) is 0. The summed E-state index contributed by atoms with van der Waals surface area (Å²) >= 11 is 0. The lowest BCUT2D eigenvalue weighted by atomic mass is 9.91. The van der Waals surface area contributed by atoms with Gasteiger partial charge in [-0.15, -0.1) is 0 Å². The average molecular weight is 213 g/mol. The molecule has 0 unspecified atom stereocenters. The van der Waals surface area contributed by atoms with Crippen molar-refractivity contribution in [1.82, 2.24) is 4.90 Å². The summed E-state index contributed by atoms with van der Waals surface area (Å²) in [5.74, 6) is -0.0387. The summed E-state index contributed by atoms with van der Waals surface area (Å²) in [5.41, 5.74) is 0. The number of piperidine rings is 1. The van der Waals surface area contributed by atoms with Crippen LogP contribution in [-0.2, 0) is 9.53 Å². The van der Waals surface area contributed by atoms with Crippen LogP contribution in [0.1, 0.15) is 25.7 Å².